The lowest BCUT2D eigenvalue weighted by Gasteiger charge is -2.26. The van der Waals surface area contributed by atoms with Crippen LogP contribution in [0.4, 0.5) is 0 Å². The molecule has 0 spiro atoms. The average molecular weight is 469 g/mol. The minimum atomic E-state index is -0.816. The number of benzene rings is 2. The minimum absolute atomic E-state index is 0.0104. The Balaban J connectivity index is 2.16. The smallest absolute Gasteiger partial charge is 0.295 e. The summed E-state index contributed by atoms with van der Waals surface area (Å²) in [6.07, 6.45) is 0.647. The fraction of sp³-hybridized carbons (Fsp3) is 0.385. The first kappa shape index (κ1) is 25.1. The van der Waals surface area contributed by atoms with Gasteiger partial charge in [-0.3, -0.25) is 9.59 Å². The molecule has 2 N–H and O–H groups in total. The van der Waals surface area contributed by atoms with Gasteiger partial charge >= 0.3 is 0 Å². The molecule has 2 aromatic rings. The molecule has 0 saturated carbocycles. The van der Waals surface area contributed by atoms with E-state index in [-0.39, 0.29) is 22.8 Å². The van der Waals surface area contributed by atoms with Crippen LogP contribution >= 0.6 is 0 Å². The Morgan fingerprint density at radius 3 is 2.50 bits per heavy atom. The molecule has 34 heavy (non-hydrogen) atoms. The molecule has 1 saturated heterocycles. The van der Waals surface area contributed by atoms with Crippen molar-refractivity contribution in [3.63, 3.8) is 0 Å². The normalized spacial score (nSPS) is 17.5. The molecule has 0 aliphatic carbocycles. The molecule has 2 aromatic carbocycles. The number of methoxy groups -OCH3 is 1. The van der Waals surface area contributed by atoms with Crippen molar-refractivity contribution in [3.05, 3.63) is 58.7 Å². The van der Waals surface area contributed by atoms with Crippen molar-refractivity contribution in [3.8, 4) is 17.2 Å². The molecule has 0 aromatic heterocycles. The number of ether oxygens (including phenoxy) is 2. The topological polar surface area (TPSA) is 99.5 Å². The van der Waals surface area contributed by atoms with E-state index in [1.165, 1.54) is 11.0 Å². The molecule has 182 valence electrons. The van der Waals surface area contributed by atoms with E-state index in [0.717, 1.165) is 6.54 Å². The number of ketones is 1. The van der Waals surface area contributed by atoms with Gasteiger partial charge in [0.1, 0.15) is 11.5 Å². The van der Waals surface area contributed by atoms with Gasteiger partial charge in [-0.25, -0.2) is 0 Å². The zero-order chi connectivity index (χ0) is 25.0. The van der Waals surface area contributed by atoms with Crippen molar-refractivity contribution < 1.29 is 29.3 Å². The van der Waals surface area contributed by atoms with Crippen LogP contribution in [0.1, 0.15) is 36.1 Å². The Hall–Kier alpha value is -3.52. The molecular formula is C26H32N2O6. The highest BCUT2D eigenvalue weighted by atomic mass is 16.5. The maximum Gasteiger partial charge on any atom is 0.295 e. The van der Waals surface area contributed by atoms with Crippen LogP contribution in [0.5, 0.6) is 17.2 Å². The van der Waals surface area contributed by atoms with E-state index < -0.39 is 17.7 Å². The second kappa shape index (κ2) is 10.6. The second-order valence-electron chi connectivity index (χ2n) is 8.49. The number of aryl methyl sites for hydroxylation is 1. The van der Waals surface area contributed by atoms with E-state index in [9.17, 15) is 19.8 Å². The van der Waals surface area contributed by atoms with Crippen molar-refractivity contribution in [1.82, 2.24) is 9.80 Å². The Bertz CT molecular complexity index is 1110. The number of likely N-dealkylation sites (tertiary alicyclic amines) is 1. The van der Waals surface area contributed by atoms with Crippen molar-refractivity contribution in [2.24, 2.45) is 0 Å². The molecule has 1 unspecified atom stereocenters. The molecule has 1 fully saturated rings. The fourth-order valence-electron chi connectivity index (χ4n) is 4.16. The van der Waals surface area contributed by atoms with Crippen LogP contribution in [0.3, 0.4) is 0 Å². The molecular weight excluding hydrogens is 436 g/mol. The van der Waals surface area contributed by atoms with Gasteiger partial charge in [-0.15, -0.1) is 0 Å². The molecule has 1 amide bonds. The average Bonchev–Trinajstić information content (AvgIpc) is 3.05. The summed E-state index contributed by atoms with van der Waals surface area (Å²) in [7, 11) is 5.42. The van der Waals surface area contributed by atoms with E-state index in [4.69, 9.17) is 9.47 Å². The maximum atomic E-state index is 13.2. The number of aliphatic hydroxyl groups excluding tert-OH is 1. The molecule has 8 heteroatoms. The van der Waals surface area contributed by atoms with E-state index in [1.54, 1.807) is 51.3 Å². The van der Waals surface area contributed by atoms with Gasteiger partial charge in [-0.05, 0) is 82.4 Å². The zero-order valence-corrected chi connectivity index (χ0v) is 20.3. The van der Waals surface area contributed by atoms with Crippen LogP contribution in [0.25, 0.3) is 5.76 Å². The van der Waals surface area contributed by atoms with Crippen LogP contribution in [-0.4, -0.2) is 72.6 Å². The highest BCUT2D eigenvalue weighted by Gasteiger charge is 2.46. The van der Waals surface area contributed by atoms with Crippen molar-refractivity contribution >= 4 is 17.4 Å². The number of phenolic OH excluding ortho intramolecular Hbond substituents is 1. The Kier molecular flexibility index (Phi) is 7.83. The number of carbonyl (C=O) groups is 2. The number of phenols is 1. The number of amides is 1. The third kappa shape index (κ3) is 5.02. The molecule has 1 aliphatic heterocycles. The Morgan fingerprint density at radius 1 is 1.15 bits per heavy atom. The number of rotatable bonds is 9. The van der Waals surface area contributed by atoms with Gasteiger partial charge in [-0.2, -0.15) is 0 Å². The number of carbonyl (C=O) groups excluding carboxylic acids is 2. The lowest BCUT2D eigenvalue weighted by atomic mass is 9.93. The van der Waals surface area contributed by atoms with Gasteiger partial charge in [0.25, 0.3) is 11.7 Å². The number of hydrogen-bond donors (Lipinski definition) is 2. The molecule has 1 atom stereocenters. The Morgan fingerprint density at radius 2 is 1.88 bits per heavy atom. The number of aliphatic hydroxyl groups is 1. The first-order chi connectivity index (χ1) is 16.2. The molecule has 0 bridgehead atoms. The summed E-state index contributed by atoms with van der Waals surface area (Å²) in [5.41, 5.74) is 1.73. The Labute approximate surface area is 200 Å². The molecule has 0 radical (unpaired) electrons. The maximum absolute atomic E-state index is 13.2. The predicted molar refractivity (Wildman–Crippen MR) is 129 cm³/mol. The fourth-order valence-corrected chi connectivity index (χ4v) is 4.16. The third-order valence-electron chi connectivity index (χ3n) is 5.83. The monoisotopic (exact) mass is 468 g/mol. The summed E-state index contributed by atoms with van der Waals surface area (Å²) in [5, 5.41) is 21.5. The third-order valence-corrected chi connectivity index (χ3v) is 5.83. The van der Waals surface area contributed by atoms with Crippen LogP contribution in [0.15, 0.2) is 42.0 Å². The largest absolute Gasteiger partial charge is 0.507 e. The number of aromatic hydroxyl groups is 1. The van der Waals surface area contributed by atoms with Gasteiger partial charge in [0.15, 0.2) is 11.5 Å². The lowest BCUT2D eigenvalue weighted by Crippen LogP contribution is -2.32. The minimum Gasteiger partial charge on any atom is -0.507 e. The van der Waals surface area contributed by atoms with Gasteiger partial charge in [0.05, 0.1) is 25.3 Å². The highest BCUT2D eigenvalue weighted by molar-refractivity contribution is 6.46. The van der Waals surface area contributed by atoms with Crippen molar-refractivity contribution in [1.29, 1.82) is 0 Å². The summed E-state index contributed by atoms with van der Waals surface area (Å²) in [6, 6.07) is 9.03. The standard InChI is InChI=1S/C26H32N2O6/c1-6-34-21-15-17(8-11-20(21)29)23-22(24(30)19-10-9-18(33-5)14-16(19)2)25(31)26(32)28(23)13-7-12-27(3)4/h8-11,14-15,23,29-30H,6-7,12-13H2,1-5H3/b24-22-. The summed E-state index contributed by atoms with van der Waals surface area (Å²) in [5.74, 6) is -0.823. The van der Waals surface area contributed by atoms with Crippen LogP contribution in [-0.2, 0) is 9.59 Å². The zero-order valence-electron chi connectivity index (χ0n) is 20.3. The second-order valence-corrected chi connectivity index (χ2v) is 8.49. The van der Waals surface area contributed by atoms with Gasteiger partial charge < -0.3 is 29.5 Å². The number of hydrogen-bond acceptors (Lipinski definition) is 7. The number of nitrogens with zero attached hydrogens (tertiary/aromatic N) is 2. The summed E-state index contributed by atoms with van der Waals surface area (Å²) < 4.78 is 10.8. The van der Waals surface area contributed by atoms with E-state index in [1.807, 2.05) is 19.0 Å². The van der Waals surface area contributed by atoms with Crippen LogP contribution in [0, 0.1) is 6.92 Å². The molecule has 8 nitrogen and oxygen atoms in total. The van der Waals surface area contributed by atoms with E-state index in [2.05, 4.69) is 0 Å². The SMILES string of the molecule is CCOc1cc(C2/C(=C(/O)c3ccc(OC)cc3C)C(=O)C(=O)N2CCCN(C)C)ccc1O. The molecule has 1 aliphatic rings. The highest BCUT2D eigenvalue weighted by Crippen LogP contribution is 2.42. The van der Waals surface area contributed by atoms with E-state index >= 15 is 0 Å². The summed E-state index contributed by atoms with van der Waals surface area (Å²) in [4.78, 5) is 29.8. The van der Waals surface area contributed by atoms with Gasteiger partial charge in [0, 0.05) is 12.1 Å². The quantitative estimate of drug-likeness (QED) is 0.330. The first-order valence-corrected chi connectivity index (χ1v) is 11.2. The molecule has 1 heterocycles. The molecule has 3 rings (SSSR count). The van der Waals surface area contributed by atoms with Crippen molar-refractivity contribution in [2.75, 3.05) is 40.9 Å². The van der Waals surface area contributed by atoms with Crippen LogP contribution in [0.2, 0.25) is 0 Å². The van der Waals surface area contributed by atoms with Gasteiger partial charge in [-0.1, -0.05) is 6.07 Å². The van der Waals surface area contributed by atoms with E-state index in [0.29, 0.717) is 42.0 Å². The number of Topliss-reactive ketones (excluding diaryl/α,β-unsaturated/α-hetero) is 1. The summed E-state index contributed by atoms with van der Waals surface area (Å²) >= 11 is 0. The van der Waals surface area contributed by atoms with Crippen molar-refractivity contribution in [2.45, 2.75) is 26.3 Å². The lowest BCUT2D eigenvalue weighted by molar-refractivity contribution is -0.139. The first-order valence-electron chi connectivity index (χ1n) is 11.2. The van der Waals surface area contributed by atoms with Gasteiger partial charge in [0.2, 0.25) is 0 Å². The summed E-state index contributed by atoms with van der Waals surface area (Å²) in [6.45, 7) is 4.99. The predicted octanol–water partition coefficient (Wildman–Crippen LogP) is 3.48. The van der Waals surface area contributed by atoms with Crippen LogP contribution < -0.4 is 9.47 Å².